The largest absolute Gasteiger partial charge is 0.465 e. The Morgan fingerprint density at radius 3 is 3.00 bits per heavy atom. The van der Waals surface area contributed by atoms with E-state index in [9.17, 15) is 4.79 Å². The van der Waals surface area contributed by atoms with Crippen molar-refractivity contribution in [1.29, 1.82) is 0 Å². The van der Waals surface area contributed by atoms with Crippen LogP contribution in [-0.2, 0) is 11.3 Å². The molecule has 2 rings (SSSR count). The molecule has 0 fully saturated rings. The van der Waals surface area contributed by atoms with Crippen molar-refractivity contribution in [3.63, 3.8) is 0 Å². The maximum Gasteiger partial charge on any atom is 0.349 e. The zero-order chi connectivity index (χ0) is 13.1. The molecule has 0 aliphatic carbocycles. The lowest BCUT2D eigenvalue weighted by molar-refractivity contribution is 0.0606. The van der Waals surface area contributed by atoms with E-state index < -0.39 is 0 Å². The number of ether oxygens (including phenoxy) is 1. The van der Waals surface area contributed by atoms with Crippen molar-refractivity contribution in [3.8, 4) is 0 Å². The lowest BCUT2D eigenvalue weighted by atomic mass is 10.5. The van der Waals surface area contributed by atoms with E-state index in [4.69, 9.17) is 0 Å². The number of hydrogen-bond acceptors (Lipinski definition) is 7. The van der Waals surface area contributed by atoms with Crippen LogP contribution in [-0.4, -0.2) is 40.3 Å². The van der Waals surface area contributed by atoms with Crippen LogP contribution in [0.1, 0.15) is 21.3 Å². The number of carbonyl (C=O) groups is 1. The summed E-state index contributed by atoms with van der Waals surface area (Å²) in [7, 11) is 3.22. The van der Waals surface area contributed by atoms with Crippen molar-refractivity contribution in [2.24, 2.45) is 0 Å². The van der Waals surface area contributed by atoms with Gasteiger partial charge >= 0.3 is 5.97 Å². The number of aryl methyl sites for hydroxylation is 1. The Morgan fingerprint density at radius 1 is 1.61 bits per heavy atom. The Kier molecular flexibility index (Phi) is 3.56. The summed E-state index contributed by atoms with van der Waals surface area (Å²) in [5.74, 6) is 1.08. The lowest BCUT2D eigenvalue weighted by Gasteiger charge is -2.12. The van der Waals surface area contributed by atoms with Gasteiger partial charge in [-0.3, -0.25) is 5.10 Å². The topological polar surface area (TPSA) is 84.0 Å². The number of aromatic nitrogens is 4. The number of carbonyl (C=O) groups excluding carboxylic acids is 1. The Hall–Kier alpha value is -1.96. The number of methoxy groups -OCH3 is 1. The number of aromatic amines is 1. The molecule has 2 heterocycles. The van der Waals surface area contributed by atoms with E-state index in [1.54, 1.807) is 0 Å². The molecule has 8 heteroatoms. The molecule has 0 atom stereocenters. The Labute approximate surface area is 108 Å². The van der Waals surface area contributed by atoms with Crippen molar-refractivity contribution >= 4 is 22.4 Å². The van der Waals surface area contributed by atoms with Crippen LogP contribution >= 0.6 is 11.3 Å². The van der Waals surface area contributed by atoms with Crippen molar-refractivity contribution in [2.75, 3.05) is 19.1 Å². The molecule has 7 nitrogen and oxygen atoms in total. The third-order valence-electron chi connectivity index (χ3n) is 2.23. The molecule has 0 spiro atoms. The number of rotatable bonds is 4. The van der Waals surface area contributed by atoms with Crippen molar-refractivity contribution in [2.45, 2.75) is 13.5 Å². The summed E-state index contributed by atoms with van der Waals surface area (Å²) in [6.07, 6.45) is 1.51. The Morgan fingerprint density at radius 2 is 2.39 bits per heavy atom. The fraction of sp³-hybridized carbons (Fsp3) is 0.400. The molecule has 18 heavy (non-hydrogen) atoms. The van der Waals surface area contributed by atoms with E-state index in [2.05, 4.69) is 24.9 Å². The number of nitrogens with zero attached hydrogens (tertiary/aromatic N) is 4. The predicted octanol–water partition coefficient (Wildman–Crippen LogP) is 0.993. The first-order valence-electron chi connectivity index (χ1n) is 5.23. The summed E-state index contributed by atoms with van der Waals surface area (Å²) in [6.45, 7) is 2.37. The maximum absolute atomic E-state index is 11.3. The molecule has 1 N–H and O–H groups in total. The number of H-pyrrole nitrogens is 1. The van der Waals surface area contributed by atoms with Crippen LogP contribution in [0, 0.1) is 6.92 Å². The number of thiazole rings is 1. The van der Waals surface area contributed by atoms with Gasteiger partial charge in [0, 0.05) is 7.05 Å². The van der Waals surface area contributed by atoms with Crippen LogP contribution in [0.3, 0.4) is 0 Å². The summed E-state index contributed by atoms with van der Waals surface area (Å²) in [5.41, 5.74) is 0. The Bertz CT molecular complexity index is 550. The fourth-order valence-electron chi connectivity index (χ4n) is 1.38. The van der Waals surface area contributed by atoms with Crippen LogP contribution in [0.4, 0.5) is 5.13 Å². The summed E-state index contributed by atoms with van der Waals surface area (Å²) >= 11 is 1.27. The highest BCUT2D eigenvalue weighted by atomic mass is 32.1. The molecule has 2 aromatic rings. The summed E-state index contributed by atoms with van der Waals surface area (Å²) < 4.78 is 4.63. The fourth-order valence-corrected chi connectivity index (χ4v) is 2.17. The van der Waals surface area contributed by atoms with Gasteiger partial charge in [0.1, 0.15) is 10.7 Å². The maximum atomic E-state index is 11.3. The molecule has 0 bridgehead atoms. The minimum absolute atomic E-state index is 0.374. The zero-order valence-corrected chi connectivity index (χ0v) is 11.1. The van der Waals surface area contributed by atoms with Gasteiger partial charge in [-0.1, -0.05) is 11.3 Å². The van der Waals surface area contributed by atoms with Gasteiger partial charge in [0.15, 0.2) is 11.0 Å². The average Bonchev–Trinajstić information content (AvgIpc) is 2.97. The number of hydrogen-bond donors (Lipinski definition) is 1. The number of anilines is 1. The zero-order valence-electron chi connectivity index (χ0n) is 10.3. The molecular formula is C10H13N5O2S. The van der Waals surface area contributed by atoms with E-state index in [0.29, 0.717) is 17.2 Å². The first-order chi connectivity index (χ1) is 8.60. The lowest BCUT2D eigenvalue weighted by Crippen LogP contribution is -2.17. The summed E-state index contributed by atoms with van der Waals surface area (Å²) in [5, 5.41) is 7.55. The molecule has 0 aliphatic rings. The quantitative estimate of drug-likeness (QED) is 0.832. The standard InChI is InChI=1S/C10H13N5O2S/c1-6-12-8(14-13-6)5-15(2)10-11-4-7(18-10)9(16)17-3/h4H,5H2,1-3H3,(H,12,13,14). The summed E-state index contributed by atoms with van der Waals surface area (Å²) in [6, 6.07) is 0. The van der Waals surface area contributed by atoms with Crippen molar-refractivity contribution in [3.05, 3.63) is 22.7 Å². The molecule has 0 amide bonds. The molecule has 0 aromatic carbocycles. The van der Waals surface area contributed by atoms with Crippen LogP contribution in [0.15, 0.2) is 6.20 Å². The SMILES string of the molecule is COC(=O)c1cnc(N(C)Cc2n[nH]c(C)n2)s1. The van der Waals surface area contributed by atoms with Crippen LogP contribution < -0.4 is 4.90 Å². The molecule has 0 saturated heterocycles. The smallest absolute Gasteiger partial charge is 0.349 e. The third kappa shape index (κ3) is 2.65. The third-order valence-corrected chi connectivity index (χ3v) is 3.32. The summed E-state index contributed by atoms with van der Waals surface area (Å²) in [4.78, 5) is 22.0. The average molecular weight is 267 g/mol. The van der Waals surface area contributed by atoms with Gasteiger partial charge in [-0.2, -0.15) is 5.10 Å². The number of esters is 1. The predicted molar refractivity (Wildman–Crippen MR) is 66.7 cm³/mol. The van der Waals surface area contributed by atoms with Gasteiger partial charge in [-0.05, 0) is 6.92 Å². The normalized spacial score (nSPS) is 10.4. The highest BCUT2D eigenvalue weighted by Crippen LogP contribution is 2.22. The van der Waals surface area contributed by atoms with E-state index >= 15 is 0 Å². The van der Waals surface area contributed by atoms with Crippen LogP contribution in [0.25, 0.3) is 0 Å². The molecule has 2 aromatic heterocycles. The second-order valence-electron chi connectivity index (χ2n) is 3.69. The van der Waals surface area contributed by atoms with Gasteiger partial charge in [-0.15, -0.1) is 0 Å². The first-order valence-corrected chi connectivity index (χ1v) is 6.05. The van der Waals surface area contributed by atoms with Gasteiger partial charge in [0.25, 0.3) is 0 Å². The van der Waals surface area contributed by atoms with E-state index in [1.807, 2.05) is 18.9 Å². The second-order valence-corrected chi connectivity index (χ2v) is 4.70. The molecule has 0 saturated carbocycles. The number of nitrogens with one attached hydrogen (secondary N) is 1. The van der Waals surface area contributed by atoms with Gasteiger partial charge in [0.2, 0.25) is 0 Å². The van der Waals surface area contributed by atoms with Crippen molar-refractivity contribution in [1.82, 2.24) is 20.2 Å². The van der Waals surface area contributed by atoms with E-state index in [1.165, 1.54) is 24.6 Å². The molecule has 0 aliphatic heterocycles. The monoisotopic (exact) mass is 267 g/mol. The molecule has 0 unspecified atom stereocenters. The minimum Gasteiger partial charge on any atom is -0.465 e. The Balaban J connectivity index is 2.07. The minimum atomic E-state index is -0.374. The highest BCUT2D eigenvalue weighted by Gasteiger charge is 2.14. The molecule has 0 radical (unpaired) electrons. The van der Waals surface area contributed by atoms with Gasteiger partial charge in [-0.25, -0.2) is 14.8 Å². The molecular weight excluding hydrogens is 254 g/mol. The van der Waals surface area contributed by atoms with Crippen LogP contribution in [0.5, 0.6) is 0 Å². The molecule has 96 valence electrons. The highest BCUT2D eigenvalue weighted by molar-refractivity contribution is 7.17. The van der Waals surface area contributed by atoms with Crippen LogP contribution in [0.2, 0.25) is 0 Å². The van der Waals surface area contributed by atoms with Gasteiger partial charge < -0.3 is 9.64 Å². The van der Waals surface area contributed by atoms with E-state index in [-0.39, 0.29) is 5.97 Å². The van der Waals surface area contributed by atoms with E-state index in [0.717, 1.165) is 11.0 Å². The first kappa shape index (κ1) is 12.5. The van der Waals surface area contributed by atoms with Crippen molar-refractivity contribution < 1.29 is 9.53 Å². The van der Waals surface area contributed by atoms with Gasteiger partial charge in [0.05, 0.1) is 19.9 Å². The second kappa shape index (κ2) is 5.13.